The van der Waals surface area contributed by atoms with Gasteiger partial charge in [0.2, 0.25) is 0 Å². The Hall–Kier alpha value is -2.39. The highest BCUT2D eigenvalue weighted by Gasteiger charge is 2.24. The molecule has 1 aliphatic rings. The molecule has 1 fully saturated rings. The average molecular weight is 402 g/mol. The summed E-state index contributed by atoms with van der Waals surface area (Å²) in [4.78, 5) is 31.9. The van der Waals surface area contributed by atoms with E-state index in [9.17, 15) is 9.59 Å². The third kappa shape index (κ3) is 3.84. The van der Waals surface area contributed by atoms with E-state index in [2.05, 4.69) is 19.0 Å². The Kier molecular flexibility index (Phi) is 5.13. The van der Waals surface area contributed by atoms with E-state index in [4.69, 9.17) is 0 Å². The first kappa shape index (κ1) is 18.0. The van der Waals surface area contributed by atoms with E-state index in [-0.39, 0.29) is 17.9 Å². The number of hydrogen-bond acceptors (Lipinski definition) is 7. The fraction of sp³-hybridized carbons (Fsp3) is 0.389. The number of aromatic nitrogens is 3. The van der Waals surface area contributed by atoms with Crippen LogP contribution in [0.3, 0.4) is 0 Å². The van der Waals surface area contributed by atoms with Gasteiger partial charge in [-0.1, -0.05) is 0 Å². The van der Waals surface area contributed by atoms with Gasteiger partial charge in [0.15, 0.2) is 0 Å². The highest BCUT2D eigenvalue weighted by atomic mass is 32.1. The zero-order valence-electron chi connectivity index (χ0n) is 14.8. The largest absolute Gasteiger partial charge is 0.348 e. The van der Waals surface area contributed by atoms with E-state index >= 15 is 0 Å². The van der Waals surface area contributed by atoms with Crippen molar-refractivity contribution in [3.05, 3.63) is 39.8 Å². The molecule has 140 valence electrons. The normalized spacial score (nSPS) is 17.7. The summed E-state index contributed by atoms with van der Waals surface area (Å²) in [6.07, 6.45) is 2.47. The third-order valence-corrected chi connectivity index (χ3v) is 6.29. The molecule has 0 unspecified atom stereocenters. The van der Waals surface area contributed by atoms with E-state index < -0.39 is 0 Å². The smallest absolute Gasteiger partial charge is 0.263 e. The first-order valence-corrected chi connectivity index (χ1v) is 10.5. The third-order valence-electron chi connectivity index (χ3n) is 4.80. The second kappa shape index (κ2) is 7.69. The standard InChI is InChI=1S/C18H19N5O2S2/c1-11-16(26-10-19-11)17(24)20-13-3-2-7-23(8-6-13)18(25)12-4-5-14-15(9-12)22-27-21-14/h4-5,9-10,13H,2-3,6-8H2,1H3,(H,20,24)/t13-/m1/s1. The maximum absolute atomic E-state index is 12.9. The Balaban J connectivity index is 1.39. The molecule has 0 radical (unpaired) electrons. The zero-order valence-corrected chi connectivity index (χ0v) is 16.5. The van der Waals surface area contributed by atoms with Gasteiger partial charge in [0.1, 0.15) is 15.9 Å². The van der Waals surface area contributed by atoms with Gasteiger partial charge in [-0.05, 0) is 44.4 Å². The van der Waals surface area contributed by atoms with Crippen LogP contribution in [0.25, 0.3) is 11.0 Å². The van der Waals surface area contributed by atoms with Gasteiger partial charge < -0.3 is 10.2 Å². The predicted molar refractivity (Wildman–Crippen MR) is 105 cm³/mol. The molecule has 1 aliphatic heterocycles. The van der Waals surface area contributed by atoms with E-state index in [1.807, 2.05) is 24.0 Å². The van der Waals surface area contributed by atoms with Crippen molar-refractivity contribution in [1.29, 1.82) is 0 Å². The Labute approximate surface area is 164 Å². The molecular weight excluding hydrogens is 382 g/mol. The first-order chi connectivity index (χ1) is 13.1. The number of nitrogens with one attached hydrogen (secondary N) is 1. The van der Waals surface area contributed by atoms with Crippen molar-refractivity contribution in [3.8, 4) is 0 Å². The van der Waals surface area contributed by atoms with Gasteiger partial charge in [-0.15, -0.1) is 11.3 Å². The molecular formula is C18H19N5O2S2. The topological polar surface area (TPSA) is 88.1 Å². The Morgan fingerprint density at radius 1 is 1.19 bits per heavy atom. The Morgan fingerprint density at radius 3 is 2.85 bits per heavy atom. The van der Waals surface area contributed by atoms with Crippen LogP contribution in [-0.2, 0) is 0 Å². The molecule has 7 nitrogen and oxygen atoms in total. The fourth-order valence-electron chi connectivity index (χ4n) is 3.31. The van der Waals surface area contributed by atoms with Gasteiger partial charge in [0.05, 0.1) is 22.9 Å². The molecule has 3 aromatic rings. The number of rotatable bonds is 3. The van der Waals surface area contributed by atoms with Crippen molar-refractivity contribution < 1.29 is 9.59 Å². The summed E-state index contributed by atoms with van der Waals surface area (Å²) in [5, 5.41) is 3.10. The number of likely N-dealkylation sites (tertiary alicyclic amines) is 1. The molecule has 0 saturated carbocycles. The van der Waals surface area contributed by atoms with Crippen LogP contribution in [0.4, 0.5) is 0 Å². The fourth-order valence-corrected chi connectivity index (χ4v) is 4.54. The van der Waals surface area contributed by atoms with Crippen LogP contribution in [-0.4, -0.2) is 49.6 Å². The predicted octanol–water partition coefficient (Wildman–Crippen LogP) is 2.88. The van der Waals surface area contributed by atoms with Crippen LogP contribution in [0.5, 0.6) is 0 Å². The van der Waals surface area contributed by atoms with E-state index in [0.717, 1.165) is 47.7 Å². The van der Waals surface area contributed by atoms with Gasteiger partial charge in [0.25, 0.3) is 11.8 Å². The van der Waals surface area contributed by atoms with Crippen molar-refractivity contribution in [2.75, 3.05) is 13.1 Å². The molecule has 2 amide bonds. The molecule has 2 aromatic heterocycles. The molecule has 0 aliphatic carbocycles. The molecule has 1 atom stereocenters. The number of thiazole rings is 1. The number of fused-ring (bicyclic) bond motifs is 1. The summed E-state index contributed by atoms with van der Waals surface area (Å²) in [5.74, 6) is -0.0589. The molecule has 1 aromatic carbocycles. The van der Waals surface area contributed by atoms with Gasteiger partial charge in [-0.25, -0.2) is 4.98 Å². The zero-order chi connectivity index (χ0) is 18.8. The van der Waals surface area contributed by atoms with E-state index in [1.165, 1.54) is 11.3 Å². The number of amides is 2. The quantitative estimate of drug-likeness (QED) is 0.729. The average Bonchev–Trinajstić information content (AvgIpc) is 3.25. The lowest BCUT2D eigenvalue weighted by Gasteiger charge is -2.21. The lowest BCUT2D eigenvalue weighted by atomic mass is 10.1. The highest BCUT2D eigenvalue weighted by Crippen LogP contribution is 2.19. The summed E-state index contributed by atoms with van der Waals surface area (Å²) < 4.78 is 8.38. The molecule has 27 heavy (non-hydrogen) atoms. The summed E-state index contributed by atoms with van der Waals surface area (Å²) in [7, 11) is 0. The molecule has 3 heterocycles. The molecule has 4 rings (SSSR count). The summed E-state index contributed by atoms with van der Waals surface area (Å²) in [6, 6.07) is 5.52. The number of carbonyl (C=O) groups is 2. The minimum absolute atomic E-state index is 0.00942. The van der Waals surface area contributed by atoms with Crippen LogP contribution < -0.4 is 5.32 Å². The van der Waals surface area contributed by atoms with Crippen molar-refractivity contribution >= 4 is 45.9 Å². The van der Waals surface area contributed by atoms with E-state index in [1.54, 1.807) is 11.6 Å². The highest BCUT2D eigenvalue weighted by molar-refractivity contribution is 7.11. The van der Waals surface area contributed by atoms with Crippen LogP contribution >= 0.6 is 23.1 Å². The summed E-state index contributed by atoms with van der Waals surface area (Å²) >= 11 is 2.51. The summed E-state index contributed by atoms with van der Waals surface area (Å²) in [5.41, 5.74) is 4.65. The van der Waals surface area contributed by atoms with Crippen LogP contribution in [0.15, 0.2) is 23.7 Å². The Morgan fingerprint density at radius 2 is 2.04 bits per heavy atom. The van der Waals surface area contributed by atoms with Crippen LogP contribution in [0.1, 0.15) is 45.0 Å². The van der Waals surface area contributed by atoms with Crippen LogP contribution in [0.2, 0.25) is 0 Å². The molecule has 1 N–H and O–H groups in total. The maximum atomic E-state index is 12.9. The van der Waals surface area contributed by atoms with E-state index in [0.29, 0.717) is 23.5 Å². The van der Waals surface area contributed by atoms with Gasteiger partial charge in [0, 0.05) is 24.7 Å². The lowest BCUT2D eigenvalue weighted by Crippen LogP contribution is -2.36. The number of carbonyl (C=O) groups excluding carboxylic acids is 2. The van der Waals surface area contributed by atoms with Crippen molar-refractivity contribution in [3.63, 3.8) is 0 Å². The van der Waals surface area contributed by atoms with Crippen molar-refractivity contribution in [2.45, 2.75) is 32.2 Å². The number of nitrogens with zero attached hydrogens (tertiary/aromatic N) is 4. The maximum Gasteiger partial charge on any atom is 0.263 e. The molecule has 1 saturated heterocycles. The SMILES string of the molecule is Cc1ncsc1C(=O)N[C@@H]1CCCN(C(=O)c2ccc3nsnc3c2)CC1. The number of aryl methyl sites for hydroxylation is 1. The number of hydrogen-bond donors (Lipinski definition) is 1. The Bertz CT molecular complexity index is 983. The van der Waals surface area contributed by atoms with Crippen molar-refractivity contribution in [1.82, 2.24) is 23.9 Å². The number of benzene rings is 1. The second-order valence-electron chi connectivity index (χ2n) is 6.63. The van der Waals surface area contributed by atoms with Crippen LogP contribution in [0, 0.1) is 6.92 Å². The lowest BCUT2D eigenvalue weighted by molar-refractivity contribution is 0.0761. The van der Waals surface area contributed by atoms with Gasteiger partial charge >= 0.3 is 0 Å². The molecule has 9 heteroatoms. The van der Waals surface area contributed by atoms with Crippen molar-refractivity contribution in [2.24, 2.45) is 0 Å². The second-order valence-corrected chi connectivity index (χ2v) is 8.01. The first-order valence-electron chi connectivity index (χ1n) is 8.84. The molecule has 0 spiro atoms. The molecule has 0 bridgehead atoms. The summed E-state index contributed by atoms with van der Waals surface area (Å²) in [6.45, 7) is 3.16. The minimum atomic E-state index is -0.0683. The van der Waals surface area contributed by atoms with Gasteiger partial charge in [-0.2, -0.15) is 8.75 Å². The van der Waals surface area contributed by atoms with Gasteiger partial charge in [-0.3, -0.25) is 9.59 Å². The monoisotopic (exact) mass is 401 g/mol. The minimum Gasteiger partial charge on any atom is -0.348 e.